The van der Waals surface area contributed by atoms with Gasteiger partial charge in [-0.05, 0) is 25.1 Å². The monoisotopic (exact) mass is 299 g/mol. The Balaban J connectivity index is 2.24. The van der Waals surface area contributed by atoms with Crippen molar-refractivity contribution < 1.29 is 19.1 Å². The van der Waals surface area contributed by atoms with Crippen LogP contribution in [0.5, 0.6) is 5.75 Å². The van der Waals surface area contributed by atoms with Crippen molar-refractivity contribution in [2.45, 2.75) is 13.0 Å². The Morgan fingerprint density at radius 2 is 2.35 bits per heavy atom. The van der Waals surface area contributed by atoms with Crippen LogP contribution in [0.15, 0.2) is 22.7 Å². The molecule has 1 aliphatic heterocycles. The lowest BCUT2D eigenvalue weighted by Crippen LogP contribution is -2.43. The predicted molar refractivity (Wildman–Crippen MR) is 63.8 cm³/mol. The van der Waals surface area contributed by atoms with Crippen LogP contribution in [0.2, 0.25) is 0 Å². The van der Waals surface area contributed by atoms with Gasteiger partial charge in [0.1, 0.15) is 5.75 Å². The number of carbonyl (C=O) groups is 2. The summed E-state index contributed by atoms with van der Waals surface area (Å²) in [4.78, 5) is 23.1. The third kappa shape index (κ3) is 2.41. The molecule has 5 nitrogen and oxygen atoms in total. The normalized spacial score (nSPS) is 17.8. The van der Waals surface area contributed by atoms with Gasteiger partial charge >= 0.3 is 5.97 Å². The fourth-order valence-corrected chi connectivity index (χ4v) is 1.82. The molecule has 1 unspecified atom stereocenters. The van der Waals surface area contributed by atoms with Crippen LogP contribution in [0.1, 0.15) is 6.92 Å². The fourth-order valence-electron chi connectivity index (χ4n) is 1.45. The lowest BCUT2D eigenvalue weighted by Gasteiger charge is -2.24. The Morgan fingerprint density at radius 1 is 1.59 bits per heavy atom. The van der Waals surface area contributed by atoms with Crippen molar-refractivity contribution >= 4 is 33.5 Å². The van der Waals surface area contributed by atoms with Crippen LogP contribution in [0.4, 0.5) is 5.69 Å². The number of amides is 1. The standard InChI is InChI=1S/C11H10BrNO4/c1-2-16-11(15)9-10(14)13-7-5-6(12)3-4-8(7)17-9/h3-5,9H,2H2,1H3,(H,13,14). The maximum atomic E-state index is 11.6. The fraction of sp³-hybridized carbons (Fsp3) is 0.273. The topological polar surface area (TPSA) is 64.6 Å². The van der Waals surface area contributed by atoms with Crippen molar-refractivity contribution in [3.8, 4) is 5.75 Å². The minimum absolute atomic E-state index is 0.208. The van der Waals surface area contributed by atoms with Gasteiger partial charge in [0, 0.05) is 4.47 Å². The van der Waals surface area contributed by atoms with E-state index in [-0.39, 0.29) is 6.61 Å². The number of rotatable bonds is 2. The highest BCUT2D eigenvalue weighted by molar-refractivity contribution is 9.10. The smallest absolute Gasteiger partial charge is 0.357 e. The van der Waals surface area contributed by atoms with Gasteiger partial charge in [0.2, 0.25) is 0 Å². The van der Waals surface area contributed by atoms with E-state index in [1.165, 1.54) is 0 Å². The lowest BCUT2D eigenvalue weighted by atomic mass is 10.2. The molecular weight excluding hydrogens is 290 g/mol. The number of hydrogen-bond donors (Lipinski definition) is 1. The zero-order valence-corrected chi connectivity index (χ0v) is 10.6. The molecule has 90 valence electrons. The van der Waals surface area contributed by atoms with Crippen LogP contribution in [-0.2, 0) is 14.3 Å². The minimum Gasteiger partial charge on any atom is -0.466 e. The first-order valence-electron chi connectivity index (χ1n) is 5.05. The molecule has 1 aliphatic rings. The van der Waals surface area contributed by atoms with Crippen LogP contribution >= 0.6 is 15.9 Å². The summed E-state index contributed by atoms with van der Waals surface area (Å²) in [6, 6.07) is 5.14. The molecule has 1 heterocycles. The Bertz CT molecular complexity index is 475. The second-order valence-electron chi connectivity index (χ2n) is 3.38. The predicted octanol–water partition coefficient (Wildman–Crippen LogP) is 1.71. The average molecular weight is 300 g/mol. The molecule has 0 radical (unpaired) electrons. The van der Waals surface area contributed by atoms with Gasteiger partial charge in [-0.2, -0.15) is 0 Å². The van der Waals surface area contributed by atoms with Gasteiger partial charge in [-0.3, -0.25) is 4.79 Å². The Labute approximate surface area is 106 Å². The molecule has 1 N–H and O–H groups in total. The highest BCUT2D eigenvalue weighted by Crippen LogP contribution is 2.32. The zero-order chi connectivity index (χ0) is 12.4. The first kappa shape index (κ1) is 11.9. The second-order valence-corrected chi connectivity index (χ2v) is 4.30. The maximum absolute atomic E-state index is 11.6. The van der Waals surface area contributed by atoms with Crippen molar-refractivity contribution in [3.63, 3.8) is 0 Å². The molecule has 1 aromatic rings. The Hall–Kier alpha value is -1.56. The molecule has 0 aromatic heterocycles. The number of halogens is 1. The van der Waals surface area contributed by atoms with Crippen LogP contribution in [0.25, 0.3) is 0 Å². The number of carbonyl (C=O) groups excluding carboxylic acids is 2. The first-order valence-corrected chi connectivity index (χ1v) is 5.85. The van der Waals surface area contributed by atoms with Gasteiger partial charge in [-0.25, -0.2) is 4.79 Å². The molecule has 0 bridgehead atoms. The summed E-state index contributed by atoms with van der Waals surface area (Å²) in [7, 11) is 0. The molecule has 6 heteroatoms. The van der Waals surface area contributed by atoms with Gasteiger partial charge in [-0.1, -0.05) is 15.9 Å². The number of hydrogen-bond acceptors (Lipinski definition) is 4. The molecule has 17 heavy (non-hydrogen) atoms. The molecule has 0 fully saturated rings. The molecule has 0 saturated carbocycles. The number of benzene rings is 1. The van der Waals surface area contributed by atoms with Crippen molar-refractivity contribution in [2.24, 2.45) is 0 Å². The molecule has 0 saturated heterocycles. The quantitative estimate of drug-likeness (QED) is 0.667. The highest BCUT2D eigenvalue weighted by Gasteiger charge is 2.35. The van der Waals surface area contributed by atoms with E-state index in [1.807, 2.05) is 0 Å². The van der Waals surface area contributed by atoms with Gasteiger partial charge in [0.15, 0.2) is 0 Å². The van der Waals surface area contributed by atoms with E-state index in [4.69, 9.17) is 9.47 Å². The number of ether oxygens (including phenoxy) is 2. The van der Waals surface area contributed by atoms with Crippen molar-refractivity contribution in [1.29, 1.82) is 0 Å². The molecule has 2 rings (SSSR count). The molecular formula is C11H10BrNO4. The number of esters is 1. The van der Waals surface area contributed by atoms with Gasteiger partial charge in [-0.15, -0.1) is 0 Å². The summed E-state index contributed by atoms with van der Waals surface area (Å²) in [6.45, 7) is 1.88. The minimum atomic E-state index is -1.23. The van der Waals surface area contributed by atoms with Crippen molar-refractivity contribution in [2.75, 3.05) is 11.9 Å². The van der Waals surface area contributed by atoms with Gasteiger partial charge in [0.25, 0.3) is 12.0 Å². The summed E-state index contributed by atoms with van der Waals surface area (Å²) in [5, 5.41) is 2.60. The van der Waals surface area contributed by atoms with Crippen molar-refractivity contribution in [3.05, 3.63) is 22.7 Å². The van der Waals surface area contributed by atoms with Gasteiger partial charge < -0.3 is 14.8 Å². The molecule has 0 aliphatic carbocycles. The highest BCUT2D eigenvalue weighted by atomic mass is 79.9. The van der Waals surface area contributed by atoms with E-state index in [2.05, 4.69) is 21.2 Å². The summed E-state index contributed by atoms with van der Waals surface area (Å²) < 4.78 is 10.9. The molecule has 1 atom stereocenters. The van der Waals surface area contributed by atoms with Crippen LogP contribution in [0.3, 0.4) is 0 Å². The number of fused-ring (bicyclic) bond motifs is 1. The van der Waals surface area contributed by atoms with Crippen molar-refractivity contribution in [1.82, 2.24) is 0 Å². The van der Waals surface area contributed by atoms with E-state index in [1.54, 1.807) is 25.1 Å². The largest absolute Gasteiger partial charge is 0.466 e. The van der Waals surface area contributed by atoms with Gasteiger partial charge in [0.05, 0.1) is 12.3 Å². The molecule has 1 amide bonds. The lowest BCUT2D eigenvalue weighted by molar-refractivity contribution is -0.155. The summed E-state index contributed by atoms with van der Waals surface area (Å²) >= 11 is 3.28. The van der Waals surface area contributed by atoms with E-state index in [0.717, 1.165) is 4.47 Å². The number of nitrogens with one attached hydrogen (secondary N) is 1. The number of anilines is 1. The molecule has 0 spiro atoms. The first-order chi connectivity index (χ1) is 8.11. The summed E-state index contributed by atoms with van der Waals surface area (Å²) in [5.74, 6) is -0.751. The Morgan fingerprint density at radius 3 is 3.06 bits per heavy atom. The summed E-state index contributed by atoms with van der Waals surface area (Å²) in [6.07, 6.45) is -1.23. The van der Waals surface area contributed by atoms with Crippen LogP contribution in [0, 0.1) is 0 Å². The average Bonchev–Trinajstić information content (AvgIpc) is 2.28. The Kier molecular flexibility index (Phi) is 3.33. The van der Waals surface area contributed by atoms with Crippen LogP contribution < -0.4 is 10.1 Å². The van der Waals surface area contributed by atoms with Crippen LogP contribution in [-0.4, -0.2) is 24.6 Å². The third-order valence-corrected chi connectivity index (χ3v) is 2.68. The van der Waals surface area contributed by atoms with E-state index in [9.17, 15) is 9.59 Å². The van der Waals surface area contributed by atoms with E-state index >= 15 is 0 Å². The third-order valence-electron chi connectivity index (χ3n) is 2.18. The second kappa shape index (κ2) is 4.75. The van der Waals surface area contributed by atoms with E-state index in [0.29, 0.717) is 11.4 Å². The SMILES string of the molecule is CCOC(=O)C1Oc2ccc(Br)cc2NC1=O. The molecule has 1 aromatic carbocycles. The zero-order valence-electron chi connectivity index (χ0n) is 9.03. The summed E-state index contributed by atoms with van der Waals surface area (Å²) in [5.41, 5.74) is 0.532. The maximum Gasteiger partial charge on any atom is 0.357 e. The van der Waals surface area contributed by atoms with E-state index < -0.39 is 18.0 Å².